The third-order valence-electron chi connectivity index (χ3n) is 4.90. The predicted octanol–water partition coefficient (Wildman–Crippen LogP) is 2.74. The van der Waals surface area contributed by atoms with Gasteiger partial charge in [-0.1, -0.05) is 18.2 Å². The summed E-state index contributed by atoms with van der Waals surface area (Å²) in [6, 6.07) is 8.86. The monoisotopic (exact) mass is 357 g/mol. The minimum Gasteiger partial charge on any atom is -0.343 e. The standard InChI is InChI=1S/C19H27N5S/c1-23(14-16-5-3-4-15(12-16)13-20)17-7-10-24(11-8-17)19-21-9-6-18(22-19)25-2/h3-6,9,12-13,17-18,20H,7-8,10-11,14H2,1-2H3,(H,21,22). The largest absolute Gasteiger partial charge is 0.343 e. The summed E-state index contributed by atoms with van der Waals surface area (Å²) in [5.74, 6) is 1.02. The molecule has 0 spiro atoms. The number of piperidine rings is 1. The molecule has 6 heteroatoms. The number of guanidine groups is 1. The van der Waals surface area contributed by atoms with Crippen LogP contribution in [0.5, 0.6) is 0 Å². The predicted molar refractivity (Wildman–Crippen MR) is 107 cm³/mol. The SMILES string of the molecule is CSC1C=CNC(N2CCC(N(C)Cc3cccc(C=N)c3)CC2)=N1. The summed E-state index contributed by atoms with van der Waals surface area (Å²) < 4.78 is 0. The molecule has 5 nitrogen and oxygen atoms in total. The van der Waals surface area contributed by atoms with Gasteiger partial charge in [0.1, 0.15) is 5.37 Å². The first-order valence-corrected chi connectivity index (χ1v) is 10.1. The Morgan fingerprint density at radius 1 is 1.40 bits per heavy atom. The molecule has 1 aromatic rings. The van der Waals surface area contributed by atoms with Gasteiger partial charge in [-0.2, -0.15) is 0 Å². The van der Waals surface area contributed by atoms with E-state index >= 15 is 0 Å². The van der Waals surface area contributed by atoms with Crippen LogP contribution in [0.25, 0.3) is 0 Å². The molecular weight excluding hydrogens is 330 g/mol. The number of hydrogen-bond acceptors (Lipinski definition) is 6. The fourth-order valence-electron chi connectivity index (χ4n) is 3.43. The molecule has 1 aromatic carbocycles. The number of benzene rings is 1. The highest BCUT2D eigenvalue weighted by atomic mass is 32.2. The Kier molecular flexibility index (Phi) is 6.15. The average Bonchev–Trinajstić information content (AvgIpc) is 2.68. The number of rotatable bonds is 5. The second-order valence-corrected chi connectivity index (χ2v) is 7.56. The maximum atomic E-state index is 7.40. The molecule has 1 fully saturated rings. The Morgan fingerprint density at radius 2 is 2.20 bits per heavy atom. The summed E-state index contributed by atoms with van der Waals surface area (Å²) >= 11 is 1.76. The van der Waals surface area contributed by atoms with Crippen molar-refractivity contribution >= 4 is 23.9 Å². The van der Waals surface area contributed by atoms with Gasteiger partial charge in [-0.25, -0.2) is 4.99 Å². The van der Waals surface area contributed by atoms with E-state index in [9.17, 15) is 0 Å². The van der Waals surface area contributed by atoms with E-state index in [0.717, 1.165) is 44.0 Å². The molecule has 1 unspecified atom stereocenters. The van der Waals surface area contributed by atoms with Gasteiger partial charge < -0.3 is 15.6 Å². The molecule has 0 radical (unpaired) electrons. The molecule has 3 rings (SSSR count). The molecule has 2 N–H and O–H groups in total. The summed E-state index contributed by atoms with van der Waals surface area (Å²) in [6.07, 6.45) is 9.91. The maximum absolute atomic E-state index is 7.40. The van der Waals surface area contributed by atoms with E-state index in [2.05, 4.69) is 46.6 Å². The number of nitrogens with zero attached hydrogens (tertiary/aromatic N) is 3. The van der Waals surface area contributed by atoms with Crippen LogP contribution in [0.1, 0.15) is 24.0 Å². The van der Waals surface area contributed by atoms with Crippen molar-refractivity contribution in [2.45, 2.75) is 30.8 Å². The van der Waals surface area contributed by atoms with Gasteiger partial charge >= 0.3 is 0 Å². The number of likely N-dealkylation sites (tertiary alicyclic amines) is 1. The molecule has 2 aliphatic rings. The molecule has 0 saturated carbocycles. The first-order chi connectivity index (χ1) is 12.2. The number of hydrogen-bond donors (Lipinski definition) is 2. The maximum Gasteiger partial charge on any atom is 0.199 e. The van der Waals surface area contributed by atoms with Gasteiger partial charge in [0.2, 0.25) is 0 Å². The van der Waals surface area contributed by atoms with Crippen molar-refractivity contribution in [1.82, 2.24) is 15.1 Å². The van der Waals surface area contributed by atoms with E-state index in [-0.39, 0.29) is 5.37 Å². The molecule has 0 aromatic heterocycles. The van der Waals surface area contributed by atoms with E-state index in [1.54, 1.807) is 11.8 Å². The molecule has 25 heavy (non-hydrogen) atoms. The lowest BCUT2D eigenvalue weighted by atomic mass is 10.0. The topological polar surface area (TPSA) is 54.7 Å². The normalized spacial score (nSPS) is 21.2. The van der Waals surface area contributed by atoms with Gasteiger partial charge in [0.05, 0.1) is 0 Å². The second kappa shape index (κ2) is 8.54. The van der Waals surface area contributed by atoms with Gasteiger partial charge in [0.25, 0.3) is 0 Å². The summed E-state index contributed by atoms with van der Waals surface area (Å²) in [5.41, 5.74) is 2.25. The van der Waals surface area contributed by atoms with Crippen LogP contribution in [0.2, 0.25) is 0 Å². The van der Waals surface area contributed by atoms with Crippen molar-refractivity contribution in [3.05, 3.63) is 47.7 Å². The Hall–Kier alpha value is -1.79. The van der Waals surface area contributed by atoms with E-state index in [1.807, 2.05) is 18.3 Å². The van der Waals surface area contributed by atoms with Crippen LogP contribution in [0.15, 0.2) is 41.5 Å². The van der Waals surface area contributed by atoms with Crippen LogP contribution in [-0.2, 0) is 6.54 Å². The lowest BCUT2D eigenvalue weighted by Gasteiger charge is -2.38. The van der Waals surface area contributed by atoms with E-state index in [0.29, 0.717) is 6.04 Å². The minimum absolute atomic E-state index is 0.234. The summed E-state index contributed by atoms with van der Waals surface area (Å²) in [4.78, 5) is 9.57. The fraction of sp³-hybridized carbons (Fsp3) is 0.474. The average molecular weight is 358 g/mol. The van der Waals surface area contributed by atoms with Crippen molar-refractivity contribution in [3.63, 3.8) is 0 Å². The van der Waals surface area contributed by atoms with Crippen LogP contribution in [0.4, 0.5) is 0 Å². The van der Waals surface area contributed by atoms with Crippen LogP contribution < -0.4 is 5.32 Å². The zero-order chi connectivity index (χ0) is 17.6. The highest BCUT2D eigenvalue weighted by Gasteiger charge is 2.25. The molecule has 2 aliphatic heterocycles. The Balaban J connectivity index is 1.53. The Labute approximate surface area is 154 Å². The molecule has 134 valence electrons. The summed E-state index contributed by atoms with van der Waals surface area (Å²) in [7, 11) is 2.21. The van der Waals surface area contributed by atoms with Crippen LogP contribution >= 0.6 is 11.8 Å². The number of aliphatic imine (C=N–C) groups is 1. The van der Waals surface area contributed by atoms with Crippen molar-refractivity contribution in [2.75, 3.05) is 26.4 Å². The van der Waals surface area contributed by atoms with Gasteiger partial charge in [-0.15, -0.1) is 11.8 Å². The van der Waals surface area contributed by atoms with Crippen molar-refractivity contribution in [1.29, 1.82) is 5.41 Å². The Bertz CT molecular complexity index is 649. The summed E-state index contributed by atoms with van der Waals surface area (Å²) in [6.45, 7) is 3.01. The third-order valence-corrected chi connectivity index (χ3v) is 5.65. The molecule has 2 heterocycles. The van der Waals surface area contributed by atoms with Crippen LogP contribution in [-0.4, -0.2) is 59.8 Å². The Morgan fingerprint density at radius 3 is 2.92 bits per heavy atom. The van der Waals surface area contributed by atoms with Gasteiger partial charge in [-0.05, 0) is 49.4 Å². The molecular formula is C19H27N5S. The van der Waals surface area contributed by atoms with Crippen molar-refractivity contribution in [3.8, 4) is 0 Å². The fourth-order valence-corrected chi connectivity index (χ4v) is 3.87. The molecule has 0 aliphatic carbocycles. The van der Waals surface area contributed by atoms with E-state index in [1.165, 1.54) is 11.8 Å². The first-order valence-electron chi connectivity index (χ1n) is 8.78. The van der Waals surface area contributed by atoms with Gasteiger partial charge in [0, 0.05) is 38.1 Å². The molecule has 1 saturated heterocycles. The van der Waals surface area contributed by atoms with E-state index in [4.69, 9.17) is 10.4 Å². The minimum atomic E-state index is 0.234. The van der Waals surface area contributed by atoms with Gasteiger partial charge in [0.15, 0.2) is 5.96 Å². The molecule has 1 atom stereocenters. The third kappa shape index (κ3) is 4.64. The molecule has 0 amide bonds. The summed E-state index contributed by atoms with van der Waals surface area (Å²) in [5, 5.41) is 10.9. The highest BCUT2D eigenvalue weighted by molar-refractivity contribution is 7.99. The quantitative estimate of drug-likeness (QED) is 0.796. The van der Waals surface area contributed by atoms with Gasteiger partial charge in [-0.3, -0.25) is 4.90 Å². The van der Waals surface area contributed by atoms with Crippen LogP contribution in [0.3, 0.4) is 0 Å². The zero-order valence-electron chi connectivity index (χ0n) is 15.0. The first kappa shape index (κ1) is 18.0. The molecule has 0 bridgehead atoms. The van der Waals surface area contributed by atoms with Crippen molar-refractivity contribution in [2.24, 2.45) is 4.99 Å². The van der Waals surface area contributed by atoms with E-state index < -0.39 is 0 Å². The number of thioether (sulfide) groups is 1. The van der Waals surface area contributed by atoms with Crippen LogP contribution in [0, 0.1) is 5.41 Å². The highest BCUT2D eigenvalue weighted by Crippen LogP contribution is 2.20. The number of nitrogens with one attached hydrogen (secondary N) is 2. The van der Waals surface area contributed by atoms with Crippen molar-refractivity contribution < 1.29 is 0 Å². The smallest absolute Gasteiger partial charge is 0.199 e. The zero-order valence-corrected chi connectivity index (χ0v) is 15.8. The lowest BCUT2D eigenvalue weighted by molar-refractivity contribution is 0.156. The lowest BCUT2D eigenvalue weighted by Crippen LogP contribution is -2.49. The second-order valence-electron chi connectivity index (χ2n) is 6.61.